The lowest BCUT2D eigenvalue weighted by molar-refractivity contribution is 0.465. The van der Waals surface area contributed by atoms with E-state index in [1.807, 2.05) is 12.2 Å². The molecule has 488 valence electrons. The molecule has 1 spiro atoms. The van der Waals surface area contributed by atoms with Crippen molar-refractivity contribution >= 4 is 73.4 Å². The molecule has 0 radical (unpaired) electrons. The second kappa shape index (κ2) is 23.9. The molecule has 103 heavy (non-hydrogen) atoms. The molecule has 0 bridgehead atoms. The number of allylic oxidation sites excluding steroid dienone is 8. The Morgan fingerprint density at radius 2 is 0.825 bits per heavy atom. The van der Waals surface area contributed by atoms with Crippen LogP contribution in [-0.2, 0) is 29.1 Å². The summed E-state index contributed by atoms with van der Waals surface area (Å²) in [7, 11) is 0. The van der Waals surface area contributed by atoms with Crippen LogP contribution in [0, 0.1) is 5.92 Å². The Morgan fingerprint density at radius 1 is 0.369 bits per heavy atom. The van der Waals surface area contributed by atoms with E-state index in [9.17, 15) is 0 Å². The molecule has 2 nitrogen and oxygen atoms in total. The quantitative estimate of drug-likeness (QED) is 0.107. The Balaban J connectivity index is 0.810. The van der Waals surface area contributed by atoms with E-state index in [4.69, 9.17) is 0 Å². The first-order valence-corrected chi connectivity index (χ1v) is 36.6. The first-order valence-electron chi connectivity index (χ1n) is 36.6. The van der Waals surface area contributed by atoms with Gasteiger partial charge in [-0.15, -0.1) is 0 Å². The van der Waals surface area contributed by atoms with E-state index < -0.39 is 16.2 Å². The number of anilines is 6. The highest BCUT2D eigenvalue weighted by atomic mass is 15.2. The maximum absolute atomic E-state index is 4.13. The summed E-state index contributed by atoms with van der Waals surface area (Å²) in [5.74, 6) is 0.187. The third-order valence-electron chi connectivity index (χ3n) is 24.1. The van der Waals surface area contributed by atoms with Gasteiger partial charge < -0.3 is 9.80 Å². The monoisotopic (exact) mass is 1310 g/mol. The molecule has 5 atom stereocenters. The minimum absolute atomic E-state index is 0.0698. The summed E-state index contributed by atoms with van der Waals surface area (Å²) in [6.07, 6.45) is 21.9. The van der Waals surface area contributed by atoms with E-state index in [0.29, 0.717) is 0 Å². The van der Waals surface area contributed by atoms with E-state index in [0.717, 1.165) is 70.9 Å². The molecule has 20 rings (SSSR count). The Bertz CT molecular complexity index is 5930. The molecule has 0 amide bonds. The van der Waals surface area contributed by atoms with E-state index in [1.165, 1.54) is 122 Å². The Kier molecular flexibility index (Phi) is 14.1. The molecule has 2 heteroatoms. The first kappa shape index (κ1) is 60.6. The van der Waals surface area contributed by atoms with Crippen LogP contribution in [0.15, 0.2) is 371 Å². The van der Waals surface area contributed by atoms with Gasteiger partial charge in [0.1, 0.15) is 0 Å². The van der Waals surface area contributed by atoms with Gasteiger partial charge in [0.2, 0.25) is 0 Å². The molecule has 6 aliphatic rings. The van der Waals surface area contributed by atoms with Crippen molar-refractivity contribution in [2.45, 2.75) is 47.8 Å². The highest BCUT2D eigenvalue weighted by Gasteiger charge is 2.58. The molecule has 0 N–H and O–H groups in total. The predicted octanol–water partition coefficient (Wildman–Crippen LogP) is 25.6. The van der Waals surface area contributed by atoms with Crippen molar-refractivity contribution in [3.05, 3.63) is 449 Å². The molecule has 0 fully saturated rings. The zero-order chi connectivity index (χ0) is 68.4. The fourth-order valence-corrected chi connectivity index (χ4v) is 19.7. The fourth-order valence-electron chi connectivity index (χ4n) is 19.7. The highest BCUT2D eigenvalue weighted by Crippen LogP contribution is 2.67. The van der Waals surface area contributed by atoms with Crippen LogP contribution in [0.3, 0.4) is 0 Å². The lowest BCUT2D eigenvalue weighted by atomic mass is 9.65. The summed E-state index contributed by atoms with van der Waals surface area (Å²) in [6, 6.07) is 121. The van der Waals surface area contributed by atoms with Crippen molar-refractivity contribution in [3.8, 4) is 22.3 Å². The predicted molar refractivity (Wildman–Crippen MR) is 432 cm³/mol. The van der Waals surface area contributed by atoms with Crippen molar-refractivity contribution in [2.24, 2.45) is 5.92 Å². The molecule has 5 unspecified atom stereocenters. The number of nitrogens with zero attached hydrogens (tertiary/aromatic N) is 2. The van der Waals surface area contributed by atoms with Crippen LogP contribution in [0.25, 0.3) is 61.5 Å². The molecular formula is C101H74N2. The zero-order valence-corrected chi connectivity index (χ0v) is 57.4. The maximum Gasteiger partial charge on any atom is 0.0540 e. The van der Waals surface area contributed by atoms with Gasteiger partial charge in [-0.1, -0.05) is 317 Å². The lowest BCUT2D eigenvalue weighted by Crippen LogP contribution is -2.33. The molecular weight excluding hydrogens is 1240 g/mol. The molecule has 6 aliphatic carbocycles. The van der Waals surface area contributed by atoms with Gasteiger partial charge in [-0.3, -0.25) is 0 Å². The van der Waals surface area contributed by atoms with Crippen LogP contribution in [0.4, 0.5) is 34.1 Å². The first-order chi connectivity index (χ1) is 50.9. The standard InChI is InChI=1S/C101H74N2/c1-3-67-45-49-69(50-46-67)65-99(73-29-7-5-8-30-73)89-39-19-15-35-81(89)85-57-53-75(61-93(85)99)102(97-43-23-27-71-25-11-13-33-79(71)97)77-55-59-87-83-37-17-21-41-91(83)101(95(87)63-77)92-42-22-18-38-84(92)88-60-56-78(64-96(88)101)103(98-44-24-28-72-26-12-14-34-80(72)98)76-54-58-86-82-36-16-20-40-90(82)100(94(86)62-76,74-31-9-6-10-32-74)66-70-51-47-68(4-2)48-52-70/h3-19,21-39,41-64,84,92H,1-2,20,40,65-66H2. The second-order valence-corrected chi connectivity index (χ2v) is 29.0. The molecule has 14 aromatic carbocycles. The number of hydrogen-bond acceptors (Lipinski definition) is 2. The van der Waals surface area contributed by atoms with Gasteiger partial charge in [0.25, 0.3) is 0 Å². The summed E-state index contributed by atoms with van der Waals surface area (Å²) in [4.78, 5) is 5.19. The smallest absolute Gasteiger partial charge is 0.0540 e. The maximum atomic E-state index is 4.13. The summed E-state index contributed by atoms with van der Waals surface area (Å²) in [5, 5.41) is 4.79. The van der Waals surface area contributed by atoms with E-state index in [1.54, 1.807) is 0 Å². The van der Waals surface area contributed by atoms with Crippen molar-refractivity contribution < 1.29 is 0 Å². The Morgan fingerprint density at radius 3 is 1.44 bits per heavy atom. The van der Waals surface area contributed by atoms with Gasteiger partial charge >= 0.3 is 0 Å². The van der Waals surface area contributed by atoms with Crippen LogP contribution in [0.2, 0.25) is 0 Å². The van der Waals surface area contributed by atoms with E-state index in [-0.39, 0.29) is 11.8 Å². The molecule has 0 aromatic heterocycles. The van der Waals surface area contributed by atoms with E-state index in [2.05, 4.69) is 375 Å². The molecule has 0 heterocycles. The zero-order valence-electron chi connectivity index (χ0n) is 57.4. The minimum atomic E-state index is -0.603. The van der Waals surface area contributed by atoms with Crippen LogP contribution >= 0.6 is 0 Å². The van der Waals surface area contributed by atoms with Gasteiger partial charge in [0.15, 0.2) is 0 Å². The van der Waals surface area contributed by atoms with Gasteiger partial charge in [-0.05, 0) is 208 Å². The highest BCUT2D eigenvalue weighted by molar-refractivity contribution is 6.03. The van der Waals surface area contributed by atoms with Gasteiger partial charge in [0, 0.05) is 50.8 Å². The Hall–Kier alpha value is -12.4. The normalized spacial score (nSPS) is 19.5. The van der Waals surface area contributed by atoms with Crippen LogP contribution in [0.1, 0.15) is 96.6 Å². The summed E-state index contributed by atoms with van der Waals surface area (Å²) in [5.41, 5.74) is 31.3. The molecule has 14 aromatic rings. The van der Waals surface area contributed by atoms with Crippen molar-refractivity contribution in [2.75, 3.05) is 9.80 Å². The van der Waals surface area contributed by atoms with Crippen molar-refractivity contribution in [3.63, 3.8) is 0 Å². The molecule has 0 saturated heterocycles. The van der Waals surface area contributed by atoms with Crippen molar-refractivity contribution in [1.82, 2.24) is 0 Å². The van der Waals surface area contributed by atoms with Crippen LogP contribution < -0.4 is 9.80 Å². The Labute approximate surface area is 603 Å². The summed E-state index contributed by atoms with van der Waals surface area (Å²) < 4.78 is 0. The number of rotatable bonds is 14. The van der Waals surface area contributed by atoms with Crippen LogP contribution in [0.5, 0.6) is 0 Å². The average Bonchev–Trinajstić information content (AvgIpc) is 1.50. The minimum Gasteiger partial charge on any atom is -0.310 e. The third-order valence-corrected chi connectivity index (χ3v) is 24.1. The van der Waals surface area contributed by atoms with Crippen LogP contribution in [-0.4, -0.2) is 0 Å². The lowest BCUT2D eigenvalue weighted by Gasteiger charge is -2.38. The molecule has 0 aliphatic heterocycles. The second-order valence-electron chi connectivity index (χ2n) is 29.0. The largest absolute Gasteiger partial charge is 0.310 e. The van der Waals surface area contributed by atoms with Gasteiger partial charge in [-0.25, -0.2) is 0 Å². The summed E-state index contributed by atoms with van der Waals surface area (Å²) >= 11 is 0. The molecule has 0 saturated carbocycles. The SMILES string of the molecule is C=Cc1ccc(CC2(c3ccccc3)C3=C(C=CCC3)c3ccc(N(c4ccc5c(c4)C4(c6ccccc6-c6ccc(N(c7ccc8c(c7)C(Cc7ccc(C=C)cc7)(c7ccccc7)c7ccccc7-8)c7cccc8ccccc78)cc64)C4C=CC=CC54)c4cccc5ccccc45)cc32)cc1. The van der Waals surface area contributed by atoms with Gasteiger partial charge in [0.05, 0.1) is 22.2 Å². The van der Waals surface area contributed by atoms with Crippen molar-refractivity contribution in [1.29, 1.82) is 0 Å². The topological polar surface area (TPSA) is 6.48 Å². The summed E-state index contributed by atoms with van der Waals surface area (Å²) in [6.45, 7) is 8.25. The third kappa shape index (κ3) is 9.06. The average molecular weight is 1320 g/mol. The van der Waals surface area contributed by atoms with Gasteiger partial charge in [-0.2, -0.15) is 0 Å². The fraction of sp³-hybridized carbons (Fsp3) is 0.0891. The number of hydrogen-bond donors (Lipinski definition) is 0. The van der Waals surface area contributed by atoms with E-state index >= 15 is 0 Å². The number of fused-ring (bicyclic) bond motifs is 17. The number of benzene rings is 14.